The summed E-state index contributed by atoms with van der Waals surface area (Å²) in [6, 6.07) is 7.79. The average molecular weight is 370 g/mol. The van der Waals surface area contributed by atoms with E-state index in [1.165, 1.54) is 0 Å². The molecule has 1 aromatic carbocycles. The van der Waals surface area contributed by atoms with E-state index in [9.17, 15) is 0 Å². The van der Waals surface area contributed by atoms with E-state index in [2.05, 4.69) is 39.7 Å². The van der Waals surface area contributed by atoms with Crippen molar-refractivity contribution in [1.29, 1.82) is 0 Å². The predicted molar refractivity (Wildman–Crippen MR) is 90.0 cm³/mol. The van der Waals surface area contributed by atoms with Crippen molar-refractivity contribution in [3.8, 4) is 17.1 Å². The Morgan fingerprint density at radius 2 is 1.81 bits per heavy atom. The molecule has 5 heteroatoms. The lowest BCUT2D eigenvalue weighted by atomic mass is 10.2. The van der Waals surface area contributed by atoms with Gasteiger partial charge in [0.05, 0.1) is 16.8 Å². The minimum Gasteiger partial charge on any atom is -0.494 e. The van der Waals surface area contributed by atoms with Crippen molar-refractivity contribution in [1.82, 2.24) is 9.97 Å². The molecule has 1 aromatic heterocycles. The molecule has 0 atom stereocenters. The van der Waals surface area contributed by atoms with Gasteiger partial charge in [-0.1, -0.05) is 31.9 Å². The van der Waals surface area contributed by atoms with Crippen molar-refractivity contribution in [2.45, 2.75) is 33.1 Å². The van der Waals surface area contributed by atoms with Crippen LogP contribution in [0.2, 0.25) is 5.15 Å². The molecule has 0 spiro atoms. The van der Waals surface area contributed by atoms with E-state index in [1.54, 1.807) is 0 Å². The second-order valence-electron chi connectivity index (χ2n) is 4.72. The molecule has 0 aliphatic heterocycles. The summed E-state index contributed by atoms with van der Waals surface area (Å²) >= 11 is 9.63. The Morgan fingerprint density at radius 1 is 1.10 bits per heavy atom. The second-order valence-corrected chi connectivity index (χ2v) is 5.87. The highest BCUT2D eigenvalue weighted by Crippen LogP contribution is 2.28. The first-order chi connectivity index (χ1) is 10.2. The molecule has 2 aromatic rings. The number of aromatic nitrogens is 2. The smallest absolute Gasteiger partial charge is 0.161 e. The molecule has 21 heavy (non-hydrogen) atoms. The van der Waals surface area contributed by atoms with Crippen LogP contribution in [-0.2, 0) is 6.42 Å². The molecule has 0 saturated carbocycles. The number of rotatable bonds is 6. The second kappa shape index (κ2) is 7.76. The van der Waals surface area contributed by atoms with E-state index < -0.39 is 0 Å². The highest BCUT2D eigenvalue weighted by molar-refractivity contribution is 9.10. The van der Waals surface area contributed by atoms with Gasteiger partial charge in [-0.3, -0.25) is 0 Å². The number of halogens is 2. The summed E-state index contributed by atoms with van der Waals surface area (Å²) in [6.45, 7) is 4.92. The van der Waals surface area contributed by atoms with Crippen LogP contribution in [0.25, 0.3) is 11.4 Å². The highest BCUT2D eigenvalue weighted by atomic mass is 79.9. The molecule has 0 unspecified atom stereocenters. The van der Waals surface area contributed by atoms with Gasteiger partial charge in [-0.05, 0) is 53.0 Å². The fourth-order valence-corrected chi connectivity index (χ4v) is 2.48. The normalized spacial score (nSPS) is 10.7. The third-order valence-corrected chi connectivity index (χ3v) is 4.29. The average Bonchev–Trinajstić information content (AvgIpc) is 2.50. The van der Waals surface area contributed by atoms with E-state index in [0.29, 0.717) is 11.0 Å². The van der Waals surface area contributed by atoms with Crippen LogP contribution in [0.4, 0.5) is 0 Å². The largest absolute Gasteiger partial charge is 0.494 e. The summed E-state index contributed by atoms with van der Waals surface area (Å²) in [4.78, 5) is 8.95. The minimum atomic E-state index is 0.453. The van der Waals surface area contributed by atoms with E-state index >= 15 is 0 Å². The van der Waals surface area contributed by atoms with Crippen molar-refractivity contribution >= 4 is 27.5 Å². The quantitative estimate of drug-likeness (QED) is 0.648. The topological polar surface area (TPSA) is 35.0 Å². The lowest BCUT2D eigenvalue weighted by Crippen LogP contribution is -1.99. The van der Waals surface area contributed by atoms with Gasteiger partial charge in [0.15, 0.2) is 5.82 Å². The molecule has 0 radical (unpaired) electrons. The molecule has 0 aliphatic carbocycles. The van der Waals surface area contributed by atoms with Crippen LogP contribution >= 0.6 is 27.5 Å². The van der Waals surface area contributed by atoms with E-state index in [4.69, 9.17) is 16.3 Å². The third kappa shape index (κ3) is 4.17. The maximum Gasteiger partial charge on any atom is 0.161 e. The molecule has 0 bridgehead atoms. The van der Waals surface area contributed by atoms with Crippen LogP contribution in [0.5, 0.6) is 5.75 Å². The van der Waals surface area contributed by atoms with Gasteiger partial charge < -0.3 is 4.74 Å². The van der Waals surface area contributed by atoms with Gasteiger partial charge in [-0.25, -0.2) is 9.97 Å². The first-order valence-electron chi connectivity index (χ1n) is 7.10. The number of nitrogens with zero attached hydrogens (tertiary/aromatic N) is 2. The van der Waals surface area contributed by atoms with Crippen LogP contribution in [0, 0.1) is 0 Å². The summed E-state index contributed by atoms with van der Waals surface area (Å²) < 4.78 is 6.37. The van der Waals surface area contributed by atoms with E-state index in [-0.39, 0.29) is 0 Å². The minimum absolute atomic E-state index is 0.453. The van der Waals surface area contributed by atoms with Crippen molar-refractivity contribution in [2.24, 2.45) is 0 Å². The first kappa shape index (κ1) is 16.2. The zero-order valence-corrected chi connectivity index (χ0v) is 14.5. The monoisotopic (exact) mass is 368 g/mol. The van der Waals surface area contributed by atoms with E-state index in [0.717, 1.165) is 47.3 Å². The standard InChI is InChI=1S/C16H18BrClN2O/c1-3-5-13-14(17)15(18)20-16(19-13)11-6-8-12(9-7-11)21-10-4-2/h6-9H,3-5,10H2,1-2H3. The van der Waals surface area contributed by atoms with Crippen LogP contribution in [0.15, 0.2) is 28.7 Å². The van der Waals surface area contributed by atoms with Crippen LogP contribution in [0.1, 0.15) is 32.4 Å². The SMILES string of the molecule is CCCOc1ccc(-c2nc(Cl)c(Br)c(CCC)n2)cc1. The lowest BCUT2D eigenvalue weighted by Gasteiger charge is -2.09. The predicted octanol–water partition coefficient (Wildman–Crippen LogP) is 5.30. The molecule has 0 fully saturated rings. The molecule has 3 nitrogen and oxygen atoms in total. The van der Waals surface area contributed by atoms with Gasteiger partial charge in [0.1, 0.15) is 10.9 Å². The Balaban J connectivity index is 2.28. The lowest BCUT2D eigenvalue weighted by molar-refractivity contribution is 0.317. The molecule has 112 valence electrons. The number of ether oxygens (including phenoxy) is 1. The Labute approximate surface area is 138 Å². The highest BCUT2D eigenvalue weighted by Gasteiger charge is 2.11. The first-order valence-corrected chi connectivity index (χ1v) is 8.28. The molecular weight excluding hydrogens is 352 g/mol. The number of aryl methyl sites for hydroxylation is 1. The zero-order chi connectivity index (χ0) is 15.2. The fraction of sp³-hybridized carbons (Fsp3) is 0.375. The maximum atomic E-state index is 6.18. The Bertz CT molecular complexity index is 602. The van der Waals surface area contributed by atoms with Crippen molar-refractivity contribution in [3.63, 3.8) is 0 Å². The Hall–Kier alpha value is -1.13. The van der Waals surface area contributed by atoms with Gasteiger partial charge >= 0.3 is 0 Å². The Kier molecular flexibility index (Phi) is 6.00. The summed E-state index contributed by atoms with van der Waals surface area (Å²) in [5.74, 6) is 1.51. The summed E-state index contributed by atoms with van der Waals surface area (Å²) in [7, 11) is 0. The molecule has 1 heterocycles. The fourth-order valence-electron chi connectivity index (χ4n) is 1.91. The van der Waals surface area contributed by atoms with Crippen molar-refractivity contribution < 1.29 is 4.74 Å². The van der Waals surface area contributed by atoms with E-state index in [1.807, 2.05) is 24.3 Å². The van der Waals surface area contributed by atoms with Gasteiger partial charge in [-0.15, -0.1) is 0 Å². The molecule has 0 N–H and O–H groups in total. The molecule has 2 rings (SSSR count). The molecule has 0 aliphatic rings. The van der Waals surface area contributed by atoms with Gasteiger partial charge in [0, 0.05) is 5.56 Å². The molecule has 0 saturated heterocycles. The van der Waals surface area contributed by atoms with Crippen LogP contribution in [-0.4, -0.2) is 16.6 Å². The Morgan fingerprint density at radius 3 is 2.43 bits per heavy atom. The summed E-state index contributed by atoms with van der Waals surface area (Å²) in [5, 5.41) is 0.453. The number of benzene rings is 1. The maximum absolute atomic E-state index is 6.18. The third-order valence-electron chi connectivity index (χ3n) is 2.95. The van der Waals surface area contributed by atoms with Crippen LogP contribution in [0.3, 0.4) is 0 Å². The van der Waals surface area contributed by atoms with Crippen LogP contribution < -0.4 is 4.74 Å². The van der Waals surface area contributed by atoms with Gasteiger partial charge in [0.2, 0.25) is 0 Å². The van der Waals surface area contributed by atoms with Gasteiger partial charge in [-0.2, -0.15) is 0 Å². The van der Waals surface area contributed by atoms with Crippen molar-refractivity contribution in [3.05, 3.63) is 39.6 Å². The zero-order valence-electron chi connectivity index (χ0n) is 12.2. The molecular formula is C16H18BrClN2O. The summed E-state index contributed by atoms with van der Waals surface area (Å²) in [6.07, 6.45) is 2.87. The number of hydrogen-bond acceptors (Lipinski definition) is 3. The van der Waals surface area contributed by atoms with Crippen molar-refractivity contribution in [2.75, 3.05) is 6.61 Å². The number of hydrogen-bond donors (Lipinski definition) is 0. The summed E-state index contributed by atoms with van der Waals surface area (Å²) in [5.41, 5.74) is 1.88. The molecule has 0 amide bonds. The van der Waals surface area contributed by atoms with Gasteiger partial charge in [0.25, 0.3) is 0 Å².